The van der Waals surface area contributed by atoms with E-state index in [2.05, 4.69) is 36.9 Å². The van der Waals surface area contributed by atoms with Gasteiger partial charge in [0.05, 0.1) is 6.61 Å². The van der Waals surface area contributed by atoms with Crippen LogP contribution in [-0.2, 0) is 0 Å². The largest absolute Gasteiger partial charge is 0.493 e. The molecule has 1 saturated heterocycles. The normalized spacial score (nSPS) is 19.6. The van der Waals surface area contributed by atoms with E-state index in [-0.39, 0.29) is 0 Å². The second kappa shape index (κ2) is 9.09. The summed E-state index contributed by atoms with van der Waals surface area (Å²) in [4.78, 5) is 2.67. The third-order valence-electron chi connectivity index (χ3n) is 4.63. The molecule has 0 aliphatic carbocycles. The zero-order chi connectivity index (χ0) is 14.9. The zero-order valence-electron chi connectivity index (χ0n) is 13.8. The fraction of sp³-hybridized carbons (Fsp3) is 0.684. The number of hydrogen-bond donors (Lipinski definition) is 0. The van der Waals surface area contributed by atoms with Gasteiger partial charge in [-0.1, -0.05) is 37.5 Å². The average molecular weight is 289 g/mol. The predicted octanol–water partition coefficient (Wildman–Crippen LogP) is 4.81. The maximum absolute atomic E-state index is 5.84. The molecule has 0 aromatic heterocycles. The number of nitrogens with zero attached hydrogens (tertiary/aromatic N) is 1. The highest BCUT2D eigenvalue weighted by Gasteiger charge is 2.16. The van der Waals surface area contributed by atoms with Crippen molar-refractivity contribution in [2.45, 2.75) is 64.8 Å². The van der Waals surface area contributed by atoms with Gasteiger partial charge in [-0.05, 0) is 64.3 Å². The van der Waals surface area contributed by atoms with Crippen molar-refractivity contribution in [2.24, 2.45) is 0 Å². The Morgan fingerprint density at radius 3 is 2.71 bits per heavy atom. The lowest BCUT2D eigenvalue weighted by Crippen LogP contribution is -2.37. The van der Waals surface area contributed by atoms with Gasteiger partial charge in [-0.3, -0.25) is 0 Å². The summed E-state index contributed by atoms with van der Waals surface area (Å²) in [6.07, 6.45) is 9.35. The molecule has 2 heteroatoms. The summed E-state index contributed by atoms with van der Waals surface area (Å²) in [5.41, 5.74) is 1.23. The van der Waals surface area contributed by atoms with E-state index in [1.165, 1.54) is 63.6 Å². The minimum atomic E-state index is 0.808. The monoisotopic (exact) mass is 289 g/mol. The molecule has 1 aromatic carbocycles. The molecule has 1 fully saturated rings. The number of unbranched alkanes of at least 4 members (excludes halogenated alkanes) is 3. The fourth-order valence-electron chi connectivity index (χ4n) is 3.16. The molecule has 1 heterocycles. The summed E-state index contributed by atoms with van der Waals surface area (Å²) in [7, 11) is 0. The van der Waals surface area contributed by atoms with Crippen LogP contribution in [0.3, 0.4) is 0 Å². The summed E-state index contributed by atoms with van der Waals surface area (Å²) >= 11 is 0. The summed E-state index contributed by atoms with van der Waals surface area (Å²) in [6, 6.07) is 9.08. The second-order valence-electron chi connectivity index (χ2n) is 6.41. The number of hydrogen-bond acceptors (Lipinski definition) is 2. The van der Waals surface area contributed by atoms with Gasteiger partial charge >= 0.3 is 0 Å². The standard InChI is InChI=1S/C19H31NO/c1-17-11-5-6-13-19(17)21-16-10-4-3-8-14-20-15-9-7-12-18(20)2/h5-6,11,13,18H,3-4,7-10,12,14-16H2,1-2H3/t18-/m1/s1. The molecule has 0 unspecified atom stereocenters. The van der Waals surface area contributed by atoms with Crippen molar-refractivity contribution in [1.29, 1.82) is 0 Å². The number of piperidine rings is 1. The van der Waals surface area contributed by atoms with Gasteiger partial charge in [0.2, 0.25) is 0 Å². The number of ether oxygens (including phenoxy) is 1. The van der Waals surface area contributed by atoms with Gasteiger partial charge in [0.1, 0.15) is 5.75 Å². The number of benzene rings is 1. The van der Waals surface area contributed by atoms with Crippen molar-refractivity contribution >= 4 is 0 Å². The molecule has 1 atom stereocenters. The number of likely N-dealkylation sites (tertiary alicyclic amines) is 1. The van der Waals surface area contributed by atoms with Gasteiger partial charge in [0.15, 0.2) is 0 Å². The van der Waals surface area contributed by atoms with Crippen molar-refractivity contribution in [3.63, 3.8) is 0 Å². The molecule has 0 bridgehead atoms. The summed E-state index contributed by atoms with van der Waals surface area (Å²) in [5.74, 6) is 1.04. The summed E-state index contributed by atoms with van der Waals surface area (Å²) in [6.45, 7) is 7.95. The maximum atomic E-state index is 5.84. The van der Waals surface area contributed by atoms with E-state index >= 15 is 0 Å². The van der Waals surface area contributed by atoms with Gasteiger partial charge in [0.25, 0.3) is 0 Å². The van der Waals surface area contributed by atoms with Crippen LogP contribution in [-0.4, -0.2) is 30.6 Å². The second-order valence-corrected chi connectivity index (χ2v) is 6.41. The highest BCUT2D eigenvalue weighted by molar-refractivity contribution is 5.31. The van der Waals surface area contributed by atoms with Crippen molar-refractivity contribution in [2.75, 3.05) is 19.7 Å². The molecular weight excluding hydrogens is 258 g/mol. The van der Waals surface area contributed by atoms with Crippen LogP contribution in [0.15, 0.2) is 24.3 Å². The van der Waals surface area contributed by atoms with Crippen LogP contribution in [0, 0.1) is 6.92 Å². The molecule has 0 spiro atoms. The lowest BCUT2D eigenvalue weighted by Gasteiger charge is -2.33. The number of aryl methyl sites for hydroxylation is 1. The third-order valence-corrected chi connectivity index (χ3v) is 4.63. The first-order chi connectivity index (χ1) is 10.3. The van der Waals surface area contributed by atoms with Crippen LogP contribution >= 0.6 is 0 Å². The fourth-order valence-corrected chi connectivity index (χ4v) is 3.16. The minimum Gasteiger partial charge on any atom is -0.493 e. The van der Waals surface area contributed by atoms with E-state index in [0.717, 1.165) is 18.4 Å². The van der Waals surface area contributed by atoms with Crippen LogP contribution < -0.4 is 4.74 Å². The Labute approximate surface area is 130 Å². The molecule has 0 saturated carbocycles. The van der Waals surface area contributed by atoms with E-state index in [1.807, 2.05) is 6.07 Å². The maximum Gasteiger partial charge on any atom is 0.122 e. The summed E-state index contributed by atoms with van der Waals surface area (Å²) in [5, 5.41) is 0. The zero-order valence-corrected chi connectivity index (χ0v) is 13.8. The first-order valence-electron chi connectivity index (χ1n) is 8.70. The van der Waals surface area contributed by atoms with Crippen molar-refractivity contribution in [3.05, 3.63) is 29.8 Å². The van der Waals surface area contributed by atoms with Crippen LogP contribution in [0.25, 0.3) is 0 Å². The molecule has 1 aromatic rings. The minimum absolute atomic E-state index is 0.808. The van der Waals surface area contributed by atoms with E-state index in [4.69, 9.17) is 4.74 Å². The van der Waals surface area contributed by atoms with Crippen LogP contribution in [0.4, 0.5) is 0 Å². The van der Waals surface area contributed by atoms with Crippen molar-refractivity contribution in [3.8, 4) is 5.75 Å². The Bertz CT molecular complexity index is 404. The highest BCUT2D eigenvalue weighted by atomic mass is 16.5. The lowest BCUT2D eigenvalue weighted by atomic mass is 10.0. The predicted molar refractivity (Wildman–Crippen MR) is 90.0 cm³/mol. The van der Waals surface area contributed by atoms with Crippen molar-refractivity contribution < 1.29 is 4.74 Å². The molecule has 21 heavy (non-hydrogen) atoms. The van der Waals surface area contributed by atoms with Crippen LogP contribution in [0.2, 0.25) is 0 Å². The Balaban J connectivity index is 1.49. The van der Waals surface area contributed by atoms with Crippen LogP contribution in [0.1, 0.15) is 57.4 Å². The molecule has 118 valence electrons. The molecule has 0 N–H and O–H groups in total. The first-order valence-corrected chi connectivity index (χ1v) is 8.70. The van der Waals surface area contributed by atoms with Crippen molar-refractivity contribution in [1.82, 2.24) is 4.90 Å². The Hall–Kier alpha value is -1.02. The van der Waals surface area contributed by atoms with E-state index in [1.54, 1.807) is 0 Å². The SMILES string of the molecule is Cc1ccccc1OCCCCCCN1CCCC[C@H]1C. The average Bonchev–Trinajstić information content (AvgIpc) is 2.50. The van der Waals surface area contributed by atoms with E-state index < -0.39 is 0 Å². The van der Waals surface area contributed by atoms with E-state index in [9.17, 15) is 0 Å². The van der Waals surface area contributed by atoms with Crippen LogP contribution in [0.5, 0.6) is 5.75 Å². The molecule has 0 amide bonds. The molecule has 0 radical (unpaired) electrons. The molecule has 2 rings (SSSR count). The molecule has 1 aliphatic rings. The Kier molecular flexibility index (Phi) is 7.08. The van der Waals surface area contributed by atoms with Gasteiger partial charge in [-0.2, -0.15) is 0 Å². The molecular formula is C19H31NO. The lowest BCUT2D eigenvalue weighted by molar-refractivity contribution is 0.157. The quantitative estimate of drug-likeness (QED) is 0.637. The van der Waals surface area contributed by atoms with Gasteiger partial charge in [-0.15, -0.1) is 0 Å². The molecule has 1 aliphatic heterocycles. The number of para-hydroxylation sites is 1. The first kappa shape index (κ1) is 16.4. The smallest absolute Gasteiger partial charge is 0.122 e. The summed E-state index contributed by atoms with van der Waals surface area (Å²) < 4.78 is 5.84. The highest BCUT2D eigenvalue weighted by Crippen LogP contribution is 2.18. The van der Waals surface area contributed by atoms with Gasteiger partial charge in [0, 0.05) is 6.04 Å². The van der Waals surface area contributed by atoms with Gasteiger partial charge in [-0.25, -0.2) is 0 Å². The van der Waals surface area contributed by atoms with E-state index in [0.29, 0.717) is 0 Å². The Morgan fingerprint density at radius 2 is 1.90 bits per heavy atom. The Morgan fingerprint density at radius 1 is 1.10 bits per heavy atom. The molecule has 2 nitrogen and oxygen atoms in total. The number of rotatable bonds is 8. The topological polar surface area (TPSA) is 12.5 Å². The van der Waals surface area contributed by atoms with Gasteiger partial charge < -0.3 is 9.64 Å². The third kappa shape index (κ3) is 5.70.